The molecule has 2 rings (SSSR count). The smallest absolute Gasteiger partial charge is 0.280 e. The van der Waals surface area contributed by atoms with Gasteiger partial charge in [-0.25, -0.2) is 8.42 Å². The molecule has 0 aliphatic rings. The zero-order valence-electron chi connectivity index (χ0n) is 16.6. The average molecular weight is 453 g/mol. The highest BCUT2D eigenvalue weighted by molar-refractivity contribution is 7.92. The van der Waals surface area contributed by atoms with E-state index in [4.69, 9.17) is 0 Å². The van der Waals surface area contributed by atoms with Gasteiger partial charge in [-0.15, -0.1) is 0 Å². The first-order valence-electron chi connectivity index (χ1n) is 8.99. The zero-order chi connectivity index (χ0) is 23.1. The molecule has 2 aromatic rings. The SMILES string of the molecule is CC(C)c1cccc(C(C)C)c1S(=O)(=O)Nc1cc(C(F)(F)F)cc(C(F)(F)F)c1. The van der Waals surface area contributed by atoms with Crippen LogP contribution in [0.25, 0.3) is 0 Å². The van der Waals surface area contributed by atoms with Gasteiger partial charge >= 0.3 is 12.4 Å². The number of hydrogen-bond donors (Lipinski definition) is 1. The standard InChI is InChI=1S/C20H21F6NO2S/c1-11(2)16-6-5-7-17(12(3)4)18(16)30(28,29)27-15-9-13(19(21,22)23)8-14(10-15)20(24,25)26/h5-12,27H,1-4H3. The molecule has 0 radical (unpaired) electrons. The molecule has 3 nitrogen and oxygen atoms in total. The summed E-state index contributed by atoms with van der Waals surface area (Å²) in [4.78, 5) is -0.138. The first kappa shape index (κ1) is 24.0. The first-order valence-corrected chi connectivity index (χ1v) is 10.5. The lowest BCUT2D eigenvalue weighted by Gasteiger charge is -2.21. The molecule has 0 amide bonds. The summed E-state index contributed by atoms with van der Waals surface area (Å²) < 4.78 is 107. The highest BCUT2D eigenvalue weighted by Crippen LogP contribution is 2.39. The summed E-state index contributed by atoms with van der Waals surface area (Å²) in [6.45, 7) is 6.96. The molecule has 10 heteroatoms. The van der Waals surface area contributed by atoms with Crippen molar-refractivity contribution >= 4 is 15.7 Å². The quantitative estimate of drug-likeness (QED) is 0.508. The molecule has 0 aliphatic carbocycles. The van der Waals surface area contributed by atoms with Gasteiger partial charge < -0.3 is 0 Å². The molecule has 0 saturated heterocycles. The van der Waals surface area contributed by atoms with E-state index in [1.54, 1.807) is 45.9 Å². The van der Waals surface area contributed by atoms with Crippen LogP contribution < -0.4 is 4.72 Å². The summed E-state index contributed by atoms with van der Waals surface area (Å²) in [6, 6.07) is 5.44. The van der Waals surface area contributed by atoms with E-state index >= 15 is 0 Å². The Morgan fingerprint density at radius 3 is 1.50 bits per heavy atom. The van der Waals surface area contributed by atoms with Crippen LogP contribution in [0.3, 0.4) is 0 Å². The minimum absolute atomic E-state index is 0.0561. The van der Waals surface area contributed by atoms with Gasteiger partial charge in [0.2, 0.25) is 0 Å². The highest BCUT2D eigenvalue weighted by atomic mass is 32.2. The maximum Gasteiger partial charge on any atom is 0.416 e. The van der Waals surface area contributed by atoms with Gasteiger partial charge in [-0.1, -0.05) is 45.9 Å². The molecule has 2 aromatic carbocycles. The van der Waals surface area contributed by atoms with Crippen molar-refractivity contribution in [1.82, 2.24) is 0 Å². The number of anilines is 1. The van der Waals surface area contributed by atoms with Gasteiger partial charge in [-0.2, -0.15) is 26.3 Å². The fourth-order valence-corrected chi connectivity index (χ4v) is 4.77. The van der Waals surface area contributed by atoms with E-state index in [1.807, 2.05) is 4.72 Å². The van der Waals surface area contributed by atoms with E-state index in [0.717, 1.165) is 0 Å². The van der Waals surface area contributed by atoms with Crippen molar-refractivity contribution < 1.29 is 34.8 Å². The largest absolute Gasteiger partial charge is 0.416 e. The molecule has 166 valence electrons. The van der Waals surface area contributed by atoms with Crippen LogP contribution in [0.5, 0.6) is 0 Å². The second-order valence-corrected chi connectivity index (χ2v) is 9.09. The van der Waals surface area contributed by atoms with Crippen molar-refractivity contribution in [2.45, 2.75) is 56.8 Å². The van der Waals surface area contributed by atoms with Gasteiger partial charge in [0.1, 0.15) is 0 Å². The minimum Gasteiger partial charge on any atom is -0.280 e. The number of alkyl halides is 6. The molecule has 30 heavy (non-hydrogen) atoms. The monoisotopic (exact) mass is 453 g/mol. The predicted octanol–water partition coefficient (Wildman–Crippen LogP) is 6.77. The zero-order valence-corrected chi connectivity index (χ0v) is 17.4. The van der Waals surface area contributed by atoms with E-state index in [1.165, 1.54) is 0 Å². The molecule has 0 unspecified atom stereocenters. The van der Waals surface area contributed by atoms with Crippen molar-refractivity contribution in [3.8, 4) is 0 Å². The van der Waals surface area contributed by atoms with Crippen molar-refractivity contribution in [1.29, 1.82) is 0 Å². The molecule has 0 bridgehead atoms. The lowest BCUT2D eigenvalue weighted by atomic mass is 9.95. The summed E-state index contributed by atoms with van der Waals surface area (Å²) in [5.74, 6) is -0.495. The average Bonchev–Trinajstić information content (AvgIpc) is 2.58. The molecule has 1 N–H and O–H groups in total. The van der Waals surface area contributed by atoms with Crippen LogP contribution in [0, 0.1) is 0 Å². The van der Waals surface area contributed by atoms with Crippen molar-refractivity contribution in [2.24, 2.45) is 0 Å². The lowest BCUT2D eigenvalue weighted by Crippen LogP contribution is -2.20. The summed E-state index contributed by atoms with van der Waals surface area (Å²) in [5.41, 5.74) is -3.19. The Morgan fingerprint density at radius 1 is 0.767 bits per heavy atom. The number of nitrogens with one attached hydrogen (secondary N) is 1. The van der Waals surface area contributed by atoms with Crippen LogP contribution in [0.1, 0.15) is 61.8 Å². The predicted molar refractivity (Wildman–Crippen MR) is 102 cm³/mol. The summed E-state index contributed by atoms with van der Waals surface area (Å²) in [5, 5.41) is 0. The molecule has 0 spiro atoms. The van der Waals surface area contributed by atoms with Crippen LogP contribution in [0.15, 0.2) is 41.3 Å². The van der Waals surface area contributed by atoms with Gasteiger partial charge in [-0.3, -0.25) is 4.72 Å². The van der Waals surface area contributed by atoms with Gasteiger partial charge in [0.15, 0.2) is 0 Å². The maximum atomic E-state index is 13.1. The van der Waals surface area contributed by atoms with Crippen molar-refractivity contribution in [3.05, 3.63) is 58.7 Å². The Labute approximate surface area is 171 Å². The Kier molecular flexibility index (Phi) is 6.51. The minimum atomic E-state index is -5.08. The summed E-state index contributed by atoms with van der Waals surface area (Å²) in [7, 11) is -4.47. The van der Waals surface area contributed by atoms with Crippen LogP contribution in [0.4, 0.5) is 32.0 Å². The van der Waals surface area contributed by atoms with Crippen LogP contribution in [-0.2, 0) is 22.4 Å². The van der Waals surface area contributed by atoms with E-state index < -0.39 is 39.2 Å². The van der Waals surface area contributed by atoms with E-state index in [9.17, 15) is 34.8 Å². The molecular weight excluding hydrogens is 432 g/mol. The van der Waals surface area contributed by atoms with Crippen molar-refractivity contribution in [3.63, 3.8) is 0 Å². The van der Waals surface area contributed by atoms with Gasteiger partial charge in [0.05, 0.1) is 21.7 Å². The van der Waals surface area contributed by atoms with E-state index in [-0.39, 0.29) is 22.8 Å². The number of benzene rings is 2. The topological polar surface area (TPSA) is 46.2 Å². The van der Waals surface area contributed by atoms with E-state index in [0.29, 0.717) is 23.3 Å². The number of halogens is 6. The molecule has 0 aromatic heterocycles. The van der Waals surface area contributed by atoms with Crippen LogP contribution in [-0.4, -0.2) is 8.42 Å². The molecule has 0 saturated carbocycles. The van der Waals surface area contributed by atoms with E-state index in [2.05, 4.69) is 0 Å². The van der Waals surface area contributed by atoms with Crippen LogP contribution >= 0.6 is 0 Å². The third-order valence-electron chi connectivity index (χ3n) is 4.43. The fourth-order valence-electron chi connectivity index (χ4n) is 3.01. The maximum absolute atomic E-state index is 13.1. The first-order chi connectivity index (χ1) is 13.5. The summed E-state index contributed by atoms with van der Waals surface area (Å²) >= 11 is 0. The lowest BCUT2D eigenvalue weighted by molar-refractivity contribution is -0.143. The Balaban J connectivity index is 2.69. The third-order valence-corrected chi connectivity index (χ3v) is 5.94. The van der Waals surface area contributed by atoms with Gasteiger partial charge in [0, 0.05) is 0 Å². The third kappa shape index (κ3) is 5.27. The molecule has 0 heterocycles. The Hall–Kier alpha value is -2.23. The number of sulfonamides is 1. The highest BCUT2D eigenvalue weighted by Gasteiger charge is 2.37. The molecule has 0 aliphatic heterocycles. The normalized spacial score (nSPS) is 13.2. The number of rotatable bonds is 5. The van der Waals surface area contributed by atoms with Crippen LogP contribution in [0.2, 0.25) is 0 Å². The van der Waals surface area contributed by atoms with Gasteiger partial charge in [0.25, 0.3) is 10.0 Å². The summed E-state index contributed by atoms with van der Waals surface area (Å²) in [6.07, 6.45) is -10.2. The van der Waals surface area contributed by atoms with Gasteiger partial charge in [-0.05, 0) is 41.2 Å². The Morgan fingerprint density at radius 2 is 1.17 bits per heavy atom. The number of hydrogen-bond acceptors (Lipinski definition) is 2. The second kappa shape index (κ2) is 8.13. The van der Waals surface area contributed by atoms with Crippen molar-refractivity contribution in [2.75, 3.05) is 4.72 Å². The molecule has 0 fully saturated rings. The fraction of sp³-hybridized carbons (Fsp3) is 0.400. The molecule has 0 atom stereocenters. The Bertz CT molecular complexity index is 966. The molecular formula is C20H21F6NO2S. The second-order valence-electron chi connectivity index (χ2n) is 7.48.